The van der Waals surface area contributed by atoms with Gasteiger partial charge in [0.25, 0.3) is 5.69 Å². The Morgan fingerprint density at radius 1 is 1.10 bits per heavy atom. The highest BCUT2D eigenvalue weighted by atomic mass is 19.4. The minimum atomic E-state index is -4.67. The third-order valence-corrected chi connectivity index (χ3v) is 4.41. The Labute approximate surface area is 170 Å². The number of aromatic nitrogens is 1. The van der Waals surface area contributed by atoms with Crippen LogP contribution in [0.2, 0.25) is 0 Å². The van der Waals surface area contributed by atoms with Crippen molar-refractivity contribution < 1.29 is 23.2 Å². The van der Waals surface area contributed by atoms with Crippen LogP contribution in [0.5, 0.6) is 5.75 Å². The van der Waals surface area contributed by atoms with Crippen molar-refractivity contribution in [2.45, 2.75) is 19.5 Å². The normalized spacial score (nSPS) is 11.3. The van der Waals surface area contributed by atoms with Gasteiger partial charge in [0.15, 0.2) is 0 Å². The van der Waals surface area contributed by atoms with E-state index in [1.54, 1.807) is 24.3 Å². The Bertz CT molecular complexity index is 1140. The summed E-state index contributed by atoms with van der Waals surface area (Å²) in [7, 11) is 0. The maximum Gasteiger partial charge on any atom is 0.416 e. The first-order valence-corrected chi connectivity index (χ1v) is 8.86. The number of hydrogen-bond acceptors (Lipinski definition) is 4. The smallest absolute Gasteiger partial charge is 0.416 e. The largest absolute Gasteiger partial charge is 0.507 e. The fourth-order valence-corrected chi connectivity index (χ4v) is 3.06. The number of non-ortho nitro benzene ring substituents is 1. The van der Waals surface area contributed by atoms with Crippen LogP contribution in [0.4, 0.5) is 18.9 Å². The van der Waals surface area contributed by atoms with Gasteiger partial charge in [-0.3, -0.25) is 10.1 Å². The number of phenols is 1. The molecule has 1 heterocycles. The zero-order valence-corrected chi connectivity index (χ0v) is 15.9. The van der Waals surface area contributed by atoms with Gasteiger partial charge in [0.2, 0.25) is 0 Å². The van der Waals surface area contributed by atoms with Crippen LogP contribution in [0.3, 0.4) is 0 Å². The zero-order valence-electron chi connectivity index (χ0n) is 15.9. The van der Waals surface area contributed by atoms with Crippen LogP contribution >= 0.6 is 0 Å². The van der Waals surface area contributed by atoms with E-state index >= 15 is 0 Å². The number of hydrogen-bond donors (Lipinski definition) is 1. The molecular formula is C22H17F3N2O3. The highest BCUT2D eigenvalue weighted by Gasteiger charge is 2.32. The molecule has 1 N–H and O–H groups in total. The average Bonchev–Trinajstić information content (AvgIpc) is 2.67. The number of nitro groups is 1. The lowest BCUT2D eigenvalue weighted by atomic mass is 9.97. The zero-order chi connectivity index (χ0) is 22.1. The number of halogens is 3. The SMILES string of the molecule is C=C(C)Cc1ccccc1-c1cc(C(F)(F)F)cc(-c2cc([N+](=O)[O-])ccc2O)n1. The van der Waals surface area contributed by atoms with Crippen LogP contribution < -0.4 is 0 Å². The second-order valence-corrected chi connectivity index (χ2v) is 6.87. The molecule has 0 bridgehead atoms. The van der Waals surface area contributed by atoms with Crippen LogP contribution in [0, 0.1) is 10.1 Å². The molecule has 0 radical (unpaired) electrons. The molecule has 0 spiro atoms. The maximum absolute atomic E-state index is 13.6. The molecule has 0 atom stereocenters. The Morgan fingerprint density at radius 2 is 1.73 bits per heavy atom. The number of nitro benzene ring substituents is 1. The van der Waals surface area contributed by atoms with E-state index in [9.17, 15) is 28.4 Å². The molecule has 2 aromatic carbocycles. The summed E-state index contributed by atoms with van der Waals surface area (Å²) in [5.74, 6) is -0.409. The molecule has 0 fully saturated rings. The van der Waals surface area contributed by atoms with Gasteiger partial charge in [0.05, 0.1) is 21.9 Å². The van der Waals surface area contributed by atoms with Crippen LogP contribution in [-0.4, -0.2) is 15.0 Å². The van der Waals surface area contributed by atoms with Crippen LogP contribution in [0.25, 0.3) is 22.5 Å². The molecule has 0 amide bonds. The van der Waals surface area contributed by atoms with Crippen molar-refractivity contribution in [1.29, 1.82) is 0 Å². The molecule has 0 aliphatic heterocycles. The first-order valence-electron chi connectivity index (χ1n) is 8.86. The van der Waals surface area contributed by atoms with Gasteiger partial charge in [-0.1, -0.05) is 36.4 Å². The number of alkyl halides is 3. The fraction of sp³-hybridized carbons (Fsp3) is 0.136. The topological polar surface area (TPSA) is 76.3 Å². The van der Waals surface area contributed by atoms with E-state index in [1.807, 2.05) is 6.92 Å². The summed E-state index contributed by atoms with van der Waals surface area (Å²) < 4.78 is 40.8. The van der Waals surface area contributed by atoms with Crippen LogP contribution in [-0.2, 0) is 12.6 Å². The second-order valence-electron chi connectivity index (χ2n) is 6.87. The van der Waals surface area contributed by atoms with Gasteiger partial charge in [0, 0.05) is 23.3 Å². The quantitative estimate of drug-likeness (QED) is 0.308. The third-order valence-electron chi connectivity index (χ3n) is 4.41. The van der Waals surface area contributed by atoms with Crippen molar-refractivity contribution in [1.82, 2.24) is 4.98 Å². The molecule has 1 aromatic heterocycles. The molecule has 0 aliphatic rings. The van der Waals surface area contributed by atoms with E-state index in [0.717, 1.165) is 41.5 Å². The minimum Gasteiger partial charge on any atom is -0.507 e. The number of phenolic OH excluding ortho intramolecular Hbond substituents is 1. The molecule has 5 nitrogen and oxygen atoms in total. The van der Waals surface area contributed by atoms with Crippen LogP contribution in [0.15, 0.2) is 66.7 Å². The molecule has 0 unspecified atom stereocenters. The Hall–Kier alpha value is -3.68. The Morgan fingerprint density at radius 3 is 2.33 bits per heavy atom. The summed E-state index contributed by atoms with van der Waals surface area (Å²) in [5.41, 5.74) is 0.377. The van der Waals surface area contributed by atoms with Crippen molar-refractivity contribution >= 4 is 5.69 Å². The van der Waals surface area contributed by atoms with Gasteiger partial charge >= 0.3 is 6.18 Å². The van der Waals surface area contributed by atoms with E-state index < -0.39 is 22.4 Å². The minimum absolute atomic E-state index is 0.0441. The molecule has 3 rings (SSSR count). The van der Waals surface area contributed by atoms with Crippen LogP contribution in [0.1, 0.15) is 18.1 Å². The predicted octanol–water partition coefficient (Wildman–Crippen LogP) is 6.17. The first-order chi connectivity index (χ1) is 14.1. The Balaban J connectivity index is 2.27. The summed E-state index contributed by atoms with van der Waals surface area (Å²) in [5, 5.41) is 21.2. The number of allylic oxidation sites excluding steroid dienone is 1. The number of pyridine rings is 1. The summed E-state index contributed by atoms with van der Waals surface area (Å²) in [6.45, 7) is 5.66. The van der Waals surface area contributed by atoms with E-state index in [2.05, 4.69) is 11.6 Å². The summed E-state index contributed by atoms with van der Waals surface area (Å²) in [4.78, 5) is 14.7. The predicted molar refractivity (Wildman–Crippen MR) is 107 cm³/mol. The molecular weight excluding hydrogens is 397 g/mol. The second kappa shape index (κ2) is 7.98. The lowest BCUT2D eigenvalue weighted by molar-refractivity contribution is -0.384. The third kappa shape index (κ3) is 4.48. The standard InChI is InChI=1S/C22H17F3N2O3/c1-13(2)9-14-5-3-4-6-17(14)19-10-15(22(23,24)25)11-20(26-19)18-12-16(27(29)30)7-8-21(18)28/h3-8,10-12,28H,1,9H2,2H3. The number of aromatic hydroxyl groups is 1. The lowest BCUT2D eigenvalue weighted by Crippen LogP contribution is -2.07. The van der Waals surface area contributed by atoms with Crippen molar-refractivity contribution in [2.24, 2.45) is 0 Å². The van der Waals surface area contributed by atoms with E-state index in [0.29, 0.717) is 12.0 Å². The van der Waals surface area contributed by atoms with Gasteiger partial charge in [-0.2, -0.15) is 13.2 Å². The lowest BCUT2D eigenvalue weighted by Gasteiger charge is -2.15. The number of rotatable bonds is 5. The van der Waals surface area contributed by atoms with Crippen molar-refractivity contribution in [3.63, 3.8) is 0 Å². The molecule has 3 aromatic rings. The molecule has 8 heteroatoms. The summed E-state index contributed by atoms with van der Waals surface area (Å²) in [6, 6.07) is 11.7. The molecule has 0 aliphatic carbocycles. The van der Waals surface area contributed by atoms with E-state index in [-0.39, 0.29) is 22.6 Å². The van der Waals surface area contributed by atoms with Crippen molar-refractivity contribution in [3.05, 3.63) is 88.0 Å². The number of benzene rings is 2. The number of nitrogens with zero attached hydrogens (tertiary/aromatic N) is 2. The van der Waals surface area contributed by atoms with Gasteiger partial charge in [0.1, 0.15) is 5.75 Å². The molecule has 154 valence electrons. The van der Waals surface area contributed by atoms with E-state index in [4.69, 9.17) is 0 Å². The fourth-order valence-electron chi connectivity index (χ4n) is 3.06. The van der Waals surface area contributed by atoms with Crippen molar-refractivity contribution in [3.8, 4) is 28.3 Å². The highest BCUT2D eigenvalue weighted by Crippen LogP contribution is 2.38. The van der Waals surface area contributed by atoms with Gasteiger partial charge < -0.3 is 5.11 Å². The van der Waals surface area contributed by atoms with Gasteiger partial charge in [-0.15, -0.1) is 0 Å². The molecule has 30 heavy (non-hydrogen) atoms. The highest BCUT2D eigenvalue weighted by molar-refractivity contribution is 5.74. The van der Waals surface area contributed by atoms with E-state index in [1.165, 1.54) is 0 Å². The molecule has 0 saturated carbocycles. The summed E-state index contributed by atoms with van der Waals surface area (Å²) in [6.07, 6.45) is -4.22. The molecule has 0 saturated heterocycles. The maximum atomic E-state index is 13.6. The van der Waals surface area contributed by atoms with Gasteiger partial charge in [-0.05, 0) is 37.1 Å². The monoisotopic (exact) mass is 414 g/mol. The average molecular weight is 414 g/mol. The summed E-state index contributed by atoms with van der Waals surface area (Å²) >= 11 is 0. The van der Waals surface area contributed by atoms with Crippen molar-refractivity contribution in [2.75, 3.05) is 0 Å². The Kier molecular flexibility index (Phi) is 5.60. The van der Waals surface area contributed by atoms with Gasteiger partial charge in [-0.25, -0.2) is 4.98 Å². The first kappa shape index (κ1) is 21.0.